The summed E-state index contributed by atoms with van der Waals surface area (Å²) in [5, 5.41) is 9.48. The number of H-pyrrole nitrogens is 1. The second-order valence-electron chi connectivity index (χ2n) is 9.08. The van der Waals surface area contributed by atoms with Crippen LogP contribution in [0.5, 0.6) is 0 Å². The lowest BCUT2D eigenvalue weighted by molar-refractivity contribution is 0.637. The van der Waals surface area contributed by atoms with Gasteiger partial charge >= 0.3 is 0 Å². The molecule has 0 saturated carbocycles. The van der Waals surface area contributed by atoms with Gasteiger partial charge in [0, 0.05) is 43.0 Å². The minimum absolute atomic E-state index is 0.0696. The van der Waals surface area contributed by atoms with Gasteiger partial charge in [-0.1, -0.05) is 48.5 Å². The second-order valence-corrected chi connectivity index (χ2v) is 9.08. The number of pyridine rings is 1. The van der Waals surface area contributed by atoms with Gasteiger partial charge in [0.1, 0.15) is 11.3 Å². The fourth-order valence-corrected chi connectivity index (χ4v) is 5.12. The molecule has 2 atom stereocenters. The molecule has 1 aliphatic rings. The van der Waals surface area contributed by atoms with E-state index in [1.165, 1.54) is 11.6 Å². The molecule has 0 unspecified atom stereocenters. The third kappa shape index (κ3) is 3.78. The van der Waals surface area contributed by atoms with Crippen molar-refractivity contribution in [1.29, 1.82) is 5.26 Å². The minimum Gasteiger partial charge on any atom is -0.368 e. The van der Waals surface area contributed by atoms with Gasteiger partial charge in [0.15, 0.2) is 5.82 Å². The Bertz CT molecular complexity index is 1600. The molecule has 5 aromatic rings. The Labute approximate surface area is 207 Å². The smallest absolute Gasteiger partial charge is 0.151 e. The van der Waals surface area contributed by atoms with Crippen LogP contribution < -0.4 is 10.6 Å². The third-order valence-corrected chi connectivity index (χ3v) is 6.85. The maximum atomic E-state index is 14.5. The van der Waals surface area contributed by atoms with Crippen LogP contribution in [0.3, 0.4) is 0 Å². The fraction of sp³-hybridized carbons (Fsp3) is 0.138. The van der Waals surface area contributed by atoms with Gasteiger partial charge in [0.05, 0.1) is 28.4 Å². The number of benzene rings is 3. The molecule has 6 nitrogen and oxygen atoms in total. The highest BCUT2D eigenvalue weighted by molar-refractivity contribution is 5.91. The molecule has 0 aliphatic carbocycles. The number of para-hydroxylation sites is 1. The first-order valence-corrected chi connectivity index (χ1v) is 11.8. The fourth-order valence-electron chi connectivity index (χ4n) is 5.12. The number of nitrogens with zero attached hydrogens (tertiary/aromatic N) is 4. The molecule has 176 valence electrons. The number of anilines is 1. The van der Waals surface area contributed by atoms with Crippen LogP contribution in [0.25, 0.3) is 33.5 Å². The van der Waals surface area contributed by atoms with E-state index in [2.05, 4.69) is 38.1 Å². The van der Waals surface area contributed by atoms with Crippen LogP contribution in [0.4, 0.5) is 10.1 Å². The zero-order chi connectivity index (χ0) is 24.6. The lowest BCUT2D eigenvalue weighted by Gasteiger charge is -2.25. The van der Waals surface area contributed by atoms with E-state index in [-0.39, 0.29) is 23.3 Å². The summed E-state index contributed by atoms with van der Waals surface area (Å²) in [5.41, 5.74) is 12.7. The zero-order valence-corrected chi connectivity index (χ0v) is 19.4. The number of aromatic nitrogens is 3. The molecule has 1 aliphatic heterocycles. The molecule has 3 N–H and O–H groups in total. The van der Waals surface area contributed by atoms with Crippen LogP contribution in [0.1, 0.15) is 17.0 Å². The topological polar surface area (TPSA) is 94.6 Å². The van der Waals surface area contributed by atoms with E-state index in [0.29, 0.717) is 30.0 Å². The SMILES string of the molecule is N#Cc1cccc(-c2cncc(-c3nc4c(F)cccc4[nH]3)c2N2C[C@@H](N)[C@H](c3ccccc3)C2)c1. The van der Waals surface area contributed by atoms with Crippen molar-refractivity contribution in [3.8, 4) is 28.6 Å². The summed E-state index contributed by atoms with van der Waals surface area (Å²) in [6.45, 7) is 1.35. The average Bonchev–Trinajstić information content (AvgIpc) is 3.53. The van der Waals surface area contributed by atoms with Gasteiger partial charge in [-0.15, -0.1) is 0 Å². The maximum Gasteiger partial charge on any atom is 0.151 e. The highest BCUT2D eigenvalue weighted by atomic mass is 19.1. The lowest BCUT2D eigenvalue weighted by Crippen LogP contribution is -2.29. The number of nitriles is 1. The highest BCUT2D eigenvalue weighted by Gasteiger charge is 2.34. The molecule has 7 heteroatoms. The normalized spacial score (nSPS) is 17.4. The van der Waals surface area contributed by atoms with E-state index in [0.717, 1.165) is 22.4 Å². The number of imidazole rings is 1. The van der Waals surface area contributed by atoms with E-state index in [1.807, 2.05) is 36.4 Å². The van der Waals surface area contributed by atoms with Crippen molar-refractivity contribution in [2.75, 3.05) is 18.0 Å². The van der Waals surface area contributed by atoms with Crippen molar-refractivity contribution in [3.05, 3.63) is 102 Å². The molecule has 3 heterocycles. The molecule has 1 saturated heterocycles. The number of halogens is 1. The maximum absolute atomic E-state index is 14.5. The first-order chi connectivity index (χ1) is 17.6. The molecule has 0 spiro atoms. The van der Waals surface area contributed by atoms with Crippen LogP contribution in [0.15, 0.2) is 85.2 Å². The van der Waals surface area contributed by atoms with Crippen molar-refractivity contribution < 1.29 is 4.39 Å². The van der Waals surface area contributed by atoms with Crippen LogP contribution in [-0.4, -0.2) is 34.1 Å². The van der Waals surface area contributed by atoms with Crippen molar-refractivity contribution in [2.45, 2.75) is 12.0 Å². The van der Waals surface area contributed by atoms with E-state index < -0.39 is 0 Å². The minimum atomic E-state index is -0.380. The number of nitrogens with two attached hydrogens (primary N) is 1. The van der Waals surface area contributed by atoms with E-state index in [4.69, 9.17) is 5.73 Å². The summed E-state index contributed by atoms with van der Waals surface area (Å²) in [7, 11) is 0. The molecule has 3 aromatic carbocycles. The van der Waals surface area contributed by atoms with Crippen molar-refractivity contribution in [2.24, 2.45) is 5.73 Å². The standard InChI is InChI=1S/C29H23FN6/c30-24-10-5-11-26-27(24)35-29(34-26)22-15-33-14-21(20-9-4-6-18(12-20)13-31)28(22)36-16-23(25(32)17-36)19-7-2-1-3-8-19/h1-12,14-15,23,25H,16-17,32H2,(H,34,35)/t23-,25+/m0/s1. The summed E-state index contributed by atoms with van der Waals surface area (Å²) < 4.78 is 14.5. The number of fused-ring (bicyclic) bond motifs is 1. The van der Waals surface area contributed by atoms with Crippen molar-refractivity contribution >= 4 is 16.7 Å². The van der Waals surface area contributed by atoms with Gasteiger partial charge in [0.2, 0.25) is 0 Å². The molecular weight excluding hydrogens is 451 g/mol. The molecule has 0 radical (unpaired) electrons. The molecular formula is C29H23FN6. The van der Waals surface area contributed by atoms with Gasteiger partial charge in [-0.05, 0) is 35.4 Å². The lowest BCUT2D eigenvalue weighted by atomic mass is 9.95. The average molecular weight is 475 g/mol. The largest absolute Gasteiger partial charge is 0.368 e. The Morgan fingerprint density at radius 2 is 1.78 bits per heavy atom. The number of hydrogen-bond acceptors (Lipinski definition) is 5. The summed E-state index contributed by atoms with van der Waals surface area (Å²) in [6, 6.07) is 24.8. The first-order valence-electron chi connectivity index (χ1n) is 11.8. The quantitative estimate of drug-likeness (QED) is 0.372. The predicted octanol–water partition coefficient (Wildman–Crippen LogP) is 5.23. The monoisotopic (exact) mass is 474 g/mol. The van der Waals surface area contributed by atoms with E-state index in [9.17, 15) is 9.65 Å². The van der Waals surface area contributed by atoms with E-state index >= 15 is 0 Å². The molecule has 6 rings (SSSR count). The highest BCUT2D eigenvalue weighted by Crippen LogP contribution is 2.42. The summed E-state index contributed by atoms with van der Waals surface area (Å²) in [6.07, 6.45) is 3.56. The molecule has 0 amide bonds. The number of rotatable bonds is 4. The Hall–Kier alpha value is -4.54. The van der Waals surface area contributed by atoms with Crippen LogP contribution in [0, 0.1) is 17.1 Å². The van der Waals surface area contributed by atoms with Gasteiger partial charge in [-0.3, -0.25) is 4.98 Å². The Balaban J connectivity index is 1.53. The number of nitrogens with one attached hydrogen (secondary N) is 1. The van der Waals surface area contributed by atoms with E-state index in [1.54, 1.807) is 30.6 Å². The van der Waals surface area contributed by atoms with Gasteiger partial charge in [0.25, 0.3) is 0 Å². The zero-order valence-electron chi connectivity index (χ0n) is 19.4. The van der Waals surface area contributed by atoms with Crippen molar-refractivity contribution in [3.63, 3.8) is 0 Å². The summed E-state index contributed by atoms with van der Waals surface area (Å²) in [5.74, 6) is 0.306. The van der Waals surface area contributed by atoms with Gasteiger partial charge in [-0.25, -0.2) is 9.37 Å². The van der Waals surface area contributed by atoms with Gasteiger partial charge < -0.3 is 15.6 Å². The molecule has 1 fully saturated rings. The van der Waals surface area contributed by atoms with Gasteiger partial charge in [-0.2, -0.15) is 5.26 Å². The Morgan fingerprint density at radius 1 is 0.972 bits per heavy atom. The first kappa shape index (κ1) is 22.0. The second kappa shape index (κ2) is 8.91. The van der Waals surface area contributed by atoms with Crippen LogP contribution in [0.2, 0.25) is 0 Å². The molecule has 0 bridgehead atoms. The summed E-state index contributed by atoms with van der Waals surface area (Å²) in [4.78, 5) is 14.6. The number of hydrogen-bond donors (Lipinski definition) is 2. The Kier molecular flexibility index (Phi) is 5.44. The molecule has 36 heavy (non-hydrogen) atoms. The number of aromatic amines is 1. The van der Waals surface area contributed by atoms with Crippen molar-refractivity contribution in [1.82, 2.24) is 15.0 Å². The van der Waals surface area contributed by atoms with Crippen LogP contribution >= 0.6 is 0 Å². The molecule has 2 aromatic heterocycles. The van der Waals surface area contributed by atoms with Crippen LogP contribution in [-0.2, 0) is 0 Å². The summed E-state index contributed by atoms with van der Waals surface area (Å²) >= 11 is 0. The Morgan fingerprint density at radius 3 is 2.58 bits per heavy atom. The third-order valence-electron chi connectivity index (χ3n) is 6.85. The predicted molar refractivity (Wildman–Crippen MR) is 139 cm³/mol.